The summed E-state index contributed by atoms with van der Waals surface area (Å²) in [6, 6.07) is 16.9. The Balaban J connectivity index is 1.94. The Kier molecular flexibility index (Phi) is 4.05. The van der Waals surface area contributed by atoms with Crippen LogP contribution in [0.25, 0.3) is 22.5 Å². The topological polar surface area (TPSA) is 54.5 Å². The molecule has 1 heterocycles. The van der Waals surface area contributed by atoms with Gasteiger partial charge >= 0.3 is 0 Å². The highest BCUT2D eigenvalue weighted by Gasteiger charge is 2.10. The lowest BCUT2D eigenvalue weighted by Gasteiger charge is -2.08. The maximum Gasteiger partial charge on any atom is 0.205 e. The van der Waals surface area contributed by atoms with Crippen LogP contribution in [0.4, 0.5) is 0 Å². The van der Waals surface area contributed by atoms with Crippen LogP contribution in [-0.4, -0.2) is 20.6 Å². The fourth-order valence-electron chi connectivity index (χ4n) is 2.44. The van der Waals surface area contributed by atoms with E-state index in [0.29, 0.717) is 5.82 Å². The van der Waals surface area contributed by atoms with E-state index in [1.165, 1.54) is 24.0 Å². The highest BCUT2D eigenvalue weighted by molar-refractivity contribution is 5.80. The summed E-state index contributed by atoms with van der Waals surface area (Å²) in [7, 11) is 0. The molecule has 0 spiro atoms. The average Bonchev–Trinajstić information content (AvgIpc) is 3.08. The van der Waals surface area contributed by atoms with E-state index in [-0.39, 0.29) is 0 Å². The van der Waals surface area contributed by atoms with Crippen LogP contribution < -0.4 is 0 Å². The van der Waals surface area contributed by atoms with Gasteiger partial charge in [-0.3, -0.25) is 0 Å². The molecule has 0 amide bonds. The molecule has 4 heteroatoms. The van der Waals surface area contributed by atoms with Gasteiger partial charge < -0.3 is 0 Å². The lowest BCUT2D eigenvalue weighted by Crippen LogP contribution is -1.89. The third-order valence-electron chi connectivity index (χ3n) is 3.60. The summed E-state index contributed by atoms with van der Waals surface area (Å²) in [5.41, 5.74) is 4.68. The molecule has 1 aromatic heterocycles. The first kappa shape index (κ1) is 13.5. The number of hydrogen-bond acceptors (Lipinski definition) is 3. The van der Waals surface area contributed by atoms with Crippen LogP contribution in [0.3, 0.4) is 0 Å². The van der Waals surface area contributed by atoms with Crippen LogP contribution in [-0.2, 0) is 6.42 Å². The molecule has 0 fully saturated rings. The van der Waals surface area contributed by atoms with Crippen LogP contribution in [0, 0.1) is 0 Å². The molecule has 0 aliphatic carbocycles. The number of rotatable bonds is 5. The van der Waals surface area contributed by atoms with Crippen LogP contribution >= 0.6 is 0 Å². The molecule has 0 unspecified atom stereocenters. The molecular weight excluding hydrogens is 260 g/mol. The second-order valence-electron chi connectivity index (χ2n) is 5.08. The predicted molar refractivity (Wildman–Crippen MR) is 83.7 cm³/mol. The Morgan fingerprint density at radius 1 is 0.952 bits per heavy atom. The number of benzene rings is 2. The molecule has 2 aromatic carbocycles. The molecule has 0 saturated heterocycles. The zero-order valence-corrected chi connectivity index (χ0v) is 12.1. The number of aromatic nitrogens is 4. The van der Waals surface area contributed by atoms with Gasteiger partial charge in [0.2, 0.25) is 5.82 Å². The molecule has 0 radical (unpaired) electrons. The first-order valence-corrected chi connectivity index (χ1v) is 7.30. The first-order valence-electron chi connectivity index (χ1n) is 7.30. The van der Waals surface area contributed by atoms with Gasteiger partial charge in [0.05, 0.1) is 0 Å². The van der Waals surface area contributed by atoms with Crippen molar-refractivity contribution in [1.29, 1.82) is 0 Å². The predicted octanol–water partition coefficient (Wildman–Crippen LogP) is 3.88. The van der Waals surface area contributed by atoms with Gasteiger partial charge in [0.25, 0.3) is 0 Å². The zero-order chi connectivity index (χ0) is 14.5. The van der Waals surface area contributed by atoms with Gasteiger partial charge in [-0.05, 0) is 34.7 Å². The summed E-state index contributed by atoms with van der Waals surface area (Å²) in [4.78, 5) is 0. The minimum Gasteiger partial charge on any atom is -0.177 e. The SMILES string of the molecule is CCCCc1ccc(-c2ccccc2-c2nn[nH]n2)cc1. The number of hydrogen-bond donors (Lipinski definition) is 1. The molecule has 0 aliphatic rings. The normalized spacial score (nSPS) is 10.7. The molecule has 106 valence electrons. The van der Waals surface area contributed by atoms with Gasteiger partial charge in [-0.15, -0.1) is 10.2 Å². The van der Waals surface area contributed by atoms with E-state index in [4.69, 9.17) is 0 Å². The molecule has 4 nitrogen and oxygen atoms in total. The maximum atomic E-state index is 4.08. The number of nitrogens with one attached hydrogen (secondary N) is 1. The quantitative estimate of drug-likeness (QED) is 0.770. The summed E-state index contributed by atoms with van der Waals surface area (Å²) in [6.07, 6.45) is 3.60. The van der Waals surface area contributed by atoms with Gasteiger partial charge in [-0.2, -0.15) is 5.21 Å². The third kappa shape index (κ3) is 2.99. The van der Waals surface area contributed by atoms with Crippen molar-refractivity contribution in [2.24, 2.45) is 0 Å². The van der Waals surface area contributed by atoms with Gasteiger partial charge in [0.15, 0.2) is 0 Å². The Morgan fingerprint density at radius 2 is 1.71 bits per heavy atom. The molecule has 3 rings (SSSR count). The zero-order valence-electron chi connectivity index (χ0n) is 12.1. The number of aryl methyl sites for hydroxylation is 1. The Bertz CT molecular complexity index is 687. The molecular formula is C17H18N4. The van der Waals surface area contributed by atoms with E-state index in [1.807, 2.05) is 18.2 Å². The molecule has 21 heavy (non-hydrogen) atoms. The monoisotopic (exact) mass is 278 g/mol. The van der Waals surface area contributed by atoms with E-state index in [1.54, 1.807) is 0 Å². The van der Waals surface area contributed by atoms with Crippen molar-refractivity contribution >= 4 is 0 Å². The van der Waals surface area contributed by atoms with Crippen LogP contribution in [0.15, 0.2) is 48.5 Å². The highest BCUT2D eigenvalue weighted by Crippen LogP contribution is 2.29. The minimum atomic E-state index is 0.626. The first-order chi connectivity index (χ1) is 10.4. The van der Waals surface area contributed by atoms with E-state index < -0.39 is 0 Å². The molecule has 0 saturated carbocycles. The van der Waals surface area contributed by atoms with Crippen molar-refractivity contribution in [3.63, 3.8) is 0 Å². The summed E-state index contributed by atoms with van der Waals surface area (Å²) in [5, 5.41) is 14.3. The fraction of sp³-hybridized carbons (Fsp3) is 0.235. The maximum absolute atomic E-state index is 4.08. The lowest BCUT2D eigenvalue weighted by molar-refractivity contribution is 0.795. The van der Waals surface area contributed by atoms with Crippen molar-refractivity contribution in [3.8, 4) is 22.5 Å². The number of tetrazole rings is 1. The van der Waals surface area contributed by atoms with Crippen molar-refractivity contribution in [3.05, 3.63) is 54.1 Å². The van der Waals surface area contributed by atoms with Gasteiger partial charge in [0, 0.05) is 5.56 Å². The fourth-order valence-corrected chi connectivity index (χ4v) is 2.44. The largest absolute Gasteiger partial charge is 0.205 e. The second-order valence-corrected chi connectivity index (χ2v) is 5.08. The van der Waals surface area contributed by atoms with Crippen molar-refractivity contribution in [2.75, 3.05) is 0 Å². The molecule has 0 aliphatic heterocycles. The Morgan fingerprint density at radius 3 is 2.38 bits per heavy atom. The number of H-pyrrole nitrogens is 1. The Labute approximate surface area is 124 Å². The Hall–Kier alpha value is -2.49. The standard InChI is InChI=1S/C17H18N4/c1-2-3-6-13-9-11-14(12-10-13)15-7-4-5-8-16(15)17-18-20-21-19-17/h4-5,7-12H,2-3,6H2,1H3,(H,18,19,20,21). The van der Waals surface area contributed by atoms with Crippen LogP contribution in [0.1, 0.15) is 25.3 Å². The van der Waals surface area contributed by atoms with Gasteiger partial charge in [0.1, 0.15) is 0 Å². The lowest BCUT2D eigenvalue weighted by atomic mass is 9.97. The molecule has 0 atom stereocenters. The van der Waals surface area contributed by atoms with Crippen molar-refractivity contribution < 1.29 is 0 Å². The van der Waals surface area contributed by atoms with E-state index in [2.05, 4.69) is 57.9 Å². The number of aromatic amines is 1. The van der Waals surface area contributed by atoms with E-state index >= 15 is 0 Å². The molecule has 3 aromatic rings. The van der Waals surface area contributed by atoms with Crippen LogP contribution in [0.5, 0.6) is 0 Å². The summed E-state index contributed by atoms with van der Waals surface area (Å²) < 4.78 is 0. The smallest absolute Gasteiger partial charge is 0.177 e. The summed E-state index contributed by atoms with van der Waals surface area (Å²) in [6.45, 7) is 2.22. The molecule has 1 N–H and O–H groups in total. The number of unbranched alkanes of at least 4 members (excludes halogenated alkanes) is 1. The number of nitrogens with zero attached hydrogens (tertiary/aromatic N) is 3. The van der Waals surface area contributed by atoms with Crippen molar-refractivity contribution in [1.82, 2.24) is 20.6 Å². The third-order valence-corrected chi connectivity index (χ3v) is 3.60. The minimum absolute atomic E-state index is 0.626. The van der Waals surface area contributed by atoms with Crippen LogP contribution in [0.2, 0.25) is 0 Å². The van der Waals surface area contributed by atoms with E-state index in [9.17, 15) is 0 Å². The van der Waals surface area contributed by atoms with Gasteiger partial charge in [-0.1, -0.05) is 61.9 Å². The van der Waals surface area contributed by atoms with Crippen molar-refractivity contribution in [2.45, 2.75) is 26.2 Å². The van der Waals surface area contributed by atoms with Gasteiger partial charge in [-0.25, -0.2) is 0 Å². The average molecular weight is 278 g/mol. The summed E-state index contributed by atoms with van der Waals surface area (Å²) in [5.74, 6) is 0.626. The summed E-state index contributed by atoms with van der Waals surface area (Å²) >= 11 is 0. The highest BCUT2D eigenvalue weighted by atomic mass is 15.5. The molecule has 0 bridgehead atoms. The second kappa shape index (κ2) is 6.31. The van der Waals surface area contributed by atoms with E-state index in [0.717, 1.165) is 17.5 Å².